The number of hydrogen-bond donors (Lipinski definition) is 2. The first-order valence-electron chi connectivity index (χ1n) is 6.30. The van der Waals surface area contributed by atoms with E-state index in [1.807, 2.05) is 5.38 Å². The summed E-state index contributed by atoms with van der Waals surface area (Å²) in [5.41, 5.74) is 2.87. The third-order valence-electron chi connectivity index (χ3n) is 3.82. The van der Waals surface area contributed by atoms with Crippen molar-refractivity contribution >= 4 is 37.1 Å². The van der Waals surface area contributed by atoms with Crippen LogP contribution in [0.5, 0.6) is 0 Å². The molecule has 0 bridgehead atoms. The van der Waals surface area contributed by atoms with E-state index in [0.717, 1.165) is 28.6 Å². The molecule has 4 nitrogen and oxygen atoms in total. The molecule has 3 unspecified atom stereocenters. The number of hydrazine groups is 1. The predicted molar refractivity (Wildman–Crippen MR) is 82.7 cm³/mol. The van der Waals surface area contributed by atoms with Crippen molar-refractivity contribution in [2.45, 2.75) is 37.0 Å². The summed E-state index contributed by atoms with van der Waals surface area (Å²) in [6, 6.07) is 2.10. The van der Waals surface area contributed by atoms with Crippen LogP contribution in [0.1, 0.15) is 36.6 Å². The van der Waals surface area contributed by atoms with Crippen molar-refractivity contribution in [3.8, 4) is 0 Å². The Bertz CT molecular complexity index is 530. The number of sulfone groups is 1. The minimum absolute atomic E-state index is 0.0425. The Hall–Kier alpha value is 0.0500. The molecule has 0 radical (unpaired) electrons. The maximum absolute atomic E-state index is 11.7. The molecule has 1 fully saturated rings. The first-order valence-corrected chi connectivity index (χ1v) is 9.93. The van der Waals surface area contributed by atoms with Gasteiger partial charge in [-0.15, -0.1) is 11.3 Å². The maximum Gasteiger partial charge on any atom is 0.150 e. The topological polar surface area (TPSA) is 72.2 Å². The second kappa shape index (κ2) is 6.22. The lowest BCUT2D eigenvalue weighted by Crippen LogP contribution is -2.38. The van der Waals surface area contributed by atoms with Gasteiger partial charge >= 0.3 is 0 Å². The molecule has 7 heteroatoms. The largest absolute Gasteiger partial charge is 0.271 e. The predicted octanol–water partition coefficient (Wildman–Crippen LogP) is 2.62. The molecule has 0 aromatic carbocycles. The van der Waals surface area contributed by atoms with E-state index in [0.29, 0.717) is 6.42 Å². The Morgan fingerprint density at radius 2 is 2.26 bits per heavy atom. The minimum atomic E-state index is -2.95. The summed E-state index contributed by atoms with van der Waals surface area (Å²) in [5, 5.41) is 1.81. The van der Waals surface area contributed by atoms with E-state index in [1.165, 1.54) is 6.26 Å². The molecule has 1 aromatic heterocycles. The monoisotopic (exact) mass is 366 g/mol. The highest BCUT2D eigenvalue weighted by Crippen LogP contribution is 2.38. The van der Waals surface area contributed by atoms with Crippen molar-refractivity contribution < 1.29 is 8.42 Å². The fourth-order valence-corrected chi connectivity index (χ4v) is 5.60. The lowest BCUT2D eigenvalue weighted by molar-refractivity contribution is 0.277. The van der Waals surface area contributed by atoms with E-state index in [2.05, 4.69) is 27.4 Å². The summed E-state index contributed by atoms with van der Waals surface area (Å²) >= 11 is 5.09. The van der Waals surface area contributed by atoms with Crippen molar-refractivity contribution in [3.05, 3.63) is 20.8 Å². The lowest BCUT2D eigenvalue weighted by atomic mass is 9.83. The molecule has 1 saturated carbocycles. The number of rotatable bonds is 4. The number of hydrogen-bond acceptors (Lipinski definition) is 5. The van der Waals surface area contributed by atoms with Gasteiger partial charge in [0.25, 0.3) is 0 Å². The zero-order valence-electron chi connectivity index (χ0n) is 10.8. The van der Waals surface area contributed by atoms with Crippen molar-refractivity contribution in [2.24, 2.45) is 11.8 Å². The number of nitrogens with one attached hydrogen (secondary N) is 1. The Balaban J connectivity index is 2.15. The van der Waals surface area contributed by atoms with Crippen LogP contribution in [0.4, 0.5) is 0 Å². The van der Waals surface area contributed by atoms with Gasteiger partial charge in [-0.05, 0) is 47.2 Å². The third kappa shape index (κ3) is 3.78. The van der Waals surface area contributed by atoms with E-state index in [4.69, 9.17) is 5.84 Å². The maximum atomic E-state index is 11.7. The van der Waals surface area contributed by atoms with Gasteiger partial charge in [0.1, 0.15) is 9.84 Å². The second-order valence-corrected chi connectivity index (χ2v) is 9.37. The van der Waals surface area contributed by atoms with Crippen LogP contribution in [0.2, 0.25) is 0 Å². The molecule has 1 aliphatic carbocycles. The van der Waals surface area contributed by atoms with Crippen molar-refractivity contribution in [1.29, 1.82) is 0 Å². The van der Waals surface area contributed by atoms with Gasteiger partial charge in [0, 0.05) is 21.0 Å². The van der Waals surface area contributed by atoms with E-state index in [1.54, 1.807) is 11.3 Å². The van der Waals surface area contributed by atoms with E-state index < -0.39 is 9.84 Å². The first kappa shape index (κ1) is 15.4. The standard InChI is InChI=1S/C12H19BrN2O2S2/c1-19(16,17)10-4-2-3-8(5-10)12(15-14)11-6-9(13)7-18-11/h6-8,10,12,15H,2-5,14H2,1H3. The molecule has 0 spiro atoms. The molecule has 3 atom stereocenters. The van der Waals surface area contributed by atoms with Crippen molar-refractivity contribution in [3.63, 3.8) is 0 Å². The fraction of sp³-hybridized carbons (Fsp3) is 0.667. The van der Waals surface area contributed by atoms with Gasteiger partial charge in [0.2, 0.25) is 0 Å². The summed E-state index contributed by atoms with van der Waals surface area (Å²) in [6.07, 6.45) is 4.79. The number of nitrogens with two attached hydrogens (primary N) is 1. The van der Waals surface area contributed by atoms with E-state index in [-0.39, 0.29) is 17.2 Å². The van der Waals surface area contributed by atoms with Crippen LogP contribution in [0.15, 0.2) is 15.9 Å². The van der Waals surface area contributed by atoms with Crippen molar-refractivity contribution in [1.82, 2.24) is 5.43 Å². The summed E-state index contributed by atoms with van der Waals surface area (Å²) in [6.45, 7) is 0. The minimum Gasteiger partial charge on any atom is -0.271 e. The summed E-state index contributed by atoms with van der Waals surface area (Å²) in [7, 11) is -2.95. The summed E-state index contributed by atoms with van der Waals surface area (Å²) in [4.78, 5) is 1.16. The zero-order chi connectivity index (χ0) is 14.0. The van der Waals surface area contributed by atoms with Crippen LogP contribution in [0.3, 0.4) is 0 Å². The second-order valence-electron chi connectivity index (χ2n) is 5.19. The molecular weight excluding hydrogens is 348 g/mol. The van der Waals surface area contributed by atoms with Gasteiger partial charge in [-0.25, -0.2) is 8.42 Å². The van der Waals surface area contributed by atoms with Gasteiger partial charge in [-0.3, -0.25) is 11.3 Å². The molecule has 0 saturated heterocycles. The SMILES string of the molecule is CS(=O)(=O)C1CCCC(C(NN)c2cc(Br)cs2)C1. The average Bonchev–Trinajstić information content (AvgIpc) is 2.76. The third-order valence-corrected chi connectivity index (χ3v) is 7.23. The van der Waals surface area contributed by atoms with Gasteiger partial charge in [-0.2, -0.15) is 0 Å². The average molecular weight is 367 g/mol. The molecule has 2 rings (SSSR count). The van der Waals surface area contributed by atoms with Gasteiger partial charge < -0.3 is 0 Å². The smallest absolute Gasteiger partial charge is 0.150 e. The van der Waals surface area contributed by atoms with Crippen LogP contribution in [-0.2, 0) is 9.84 Å². The van der Waals surface area contributed by atoms with Crippen LogP contribution < -0.4 is 11.3 Å². The molecule has 0 amide bonds. The van der Waals surface area contributed by atoms with Gasteiger partial charge in [-0.1, -0.05) is 6.42 Å². The molecule has 1 aromatic rings. The van der Waals surface area contributed by atoms with E-state index >= 15 is 0 Å². The Morgan fingerprint density at radius 3 is 2.79 bits per heavy atom. The van der Waals surface area contributed by atoms with Gasteiger partial charge in [0.15, 0.2) is 0 Å². The first-order chi connectivity index (χ1) is 8.91. The molecule has 108 valence electrons. The van der Waals surface area contributed by atoms with Gasteiger partial charge in [0.05, 0.1) is 11.3 Å². The lowest BCUT2D eigenvalue weighted by Gasteiger charge is -2.33. The number of thiophene rings is 1. The molecular formula is C12H19BrN2O2S2. The highest BCUT2D eigenvalue weighted by atomic mass is 79.9. The van der Waals surface area contributed by atoms with E-state index in [9.17, 15) is 8.42 Å². The molecule has 0 aliphatic heterocycles. The molecule has 1 aliphatic rings. The normalized spacial score (nSPS) is 26.3. The zero-order valence-corrected chi connectivity index (χ0v) is 14.0. The molecule has 1 heterocycles. The molecule has 19 heavy (non-hydrogen) atoms. The highest BCUT2D eigenvalue weighted by molar-refractivity contribution is 9.10. The summed E-state index contributed by atoms with van der Waals surface area (Å²) < 4.78 is 24.5. The Kier molecular flexibility index (Phi) is 5.05. The quantitative estimate of drug-likeness (QED) is 0.634. The fourth-order valence-electron chi connectivity index (χ4n) is 2.81. The Morgan fingerprint density at radius 1 is 1.53 bits per heavy atom. The van der Waals surface area contributed by atoms with Crippen LogP contribution in [-0.4, -0.2) is 19.9 Å². The highest BCUT2D eigenvalue weighted by Gasteiger charge is 2.33. The summed E-state index contributed by atoms with van der Waals surface area (Å²) in [5.74, 6) is 5.97. The van der Waals surface area contributed by atoms with Crippen molar-refractivity contribution in [2.75, 3.05) is 6.26 Å². The Labute approximate surface area is 126 Å². The number of halogens is 1. The van der Waals surface area contributed by atoms with Crippen LogP contribution in [0, 0.1) is 5.92 Å². The van der Waals surface area contributed by atoms with Crippen LogP contribution >= 0.6 is 27.3 Å². The van der Waals surface area contributed by atoms with Crippen LogP contribution in [0.25, 0.3) is 0 Å². The molecule has 3 N–H and O–H groups in total.